The Bertz CT molecular complexity index is 1590. The molecule has 5 nitrogen and oxygen atoms in total. The van der Waals surface area contributed by atoms with Crippen LogP contribution in [-0.2, 0) is 6.61 Å². The Morgan fingerprint density at radius 3 is 2.41 bits per heavy atom. The number of halogens is 2. The number of para-hydroxylation sites is 1. The van der Waals surface area contributed by atoms with E-state index in [1.165, 1.54) is 0 Å². The average molecular weight is 615 g/mol. The fraction of sp³-hybridized carbons (Fsp3) is 0.0333. The molecule has 0 saturated carbocycles. The summed E-state index contributed by atoms with van der Waals surface area (Å²) in [5.74, 6) is 0.337. The van der Waals surface area contributed by atoms with Crippen LogP contribution in [0.15, 0.2) is 117 Å². The van der Waals surface area contributed by atoms with E-state index in [9.17, 15) is 4.79 Å². The van der Waals surface area contributed by atoms with Gasteiger partial charge in [-0.3, -0.25) is 4.79 Å². The van der Waals surface area contributed by atoms with Crippen LogP contribution in [0.4, 0.5) is 0 Å². The van der Waals surface area contributed by atoms with Crippen LogP contribution in [0.1, 0.15) is 21.5 Å². The van der Waals surface area contributed by atoms with Crippen molar-refractivity contribution in [1.82, 2.24) is 10.4 Å². The summed E-state index contributed by atoms with van der Waals surface area (Å²) < 4.78 is 7.93. The predicted octanol–water partition coefficient (Wildman–Crippen LogP) is 7.77. The minimum atomic E-state index is -0.320. The van der Waals surface area contributed by atoms with Gasteiger partial charge in [-0.25, -0.2) is 10.4 Å². The van der Waals surface area contributed by atoms with Crippen molar-refractivity contribution in [3.8, 4) is 17.0 Å². The molecule has 1 heterocycles. The van der Waals surface area contributed by atoms with Crippen molar-refractivity contribution in [2.75, 3.05) is 0 Å². The van der Waals surface area contributed by atoms with Gasteiger partial charge in [0.15, 0.2) is 0 Å². The number of pyridine rings is 1. The highest BCUT2D eigenvalue weighted by Crippen LogP contribution is 2.25. The largest absolute Gasteiger partial charge is 0.488 e. The van der Waals surface area contributed by atoms with E-state index < -0.39 is 0 Å². The molecule has 182 valence electrons. The number of carbonyl (C=O) groups excluding carboxylic acids is 1. The SMILES string of the molecule is O=C(N/N=C/c1cc(Br)ccc1OCc1ccc(Br)cc1)c1cc(-c2ccccc2)nc2ccccc12. The maximum atomic E-state index is 13.2. The van der Waals surface area contributed by atoms with Crippen molar-refractivity contribution in [1.29, 1.82) is 0 Å². The molecule has 5 aromatic rings. The lowest BCUT2D eigenvalue weighted by Gasteiger charge is -2.10. The Morgan fingerprint density at radius 2 is 1.59 bits per heavy atom. The van der Waals surface area contributed by atoms with Gasteiger partial charge in [0.25, 0.3) is 5.91 Å². The zero-order valence-corrected chi connectivity index (χ0v) is 22.7. The number of fused-ring (bicyclic) bond motifs is 1. The van der Waals surface area contributed by atoms with Crippen LogP contribution in [0.3, 0.4) is 0 Å². The summed E-state index contributed by atoms with van der Waals surface area (Å²) in [6.45, 7) is 0.410. The number of hydrazone groups is 1. The molecular formula is C30H21Br2N3O2. The van der Waals surface area contributed by atoms with E-state index >= 15 is 0 Å². The number of carbonyl (C=O) groups is 1. The van der Waals surface area contributed by atoms with Gasteiger partial charge in [0, 0.05) is 25.5 Å². The van der Waals surface area contributed by atoms with Gasteiger partial charge in [0.1, 0.15) is 12.4 Å². The average Bonchev–Trinajstić information content (AvgIpc) is 2.93. The third kappa shape index (κ3) is 6.13. The van der Waals surface area contributed by atoms with E-state index in [2.05, 4.69) is 42.4 Å². The van der Waals surface area contributed by atoms with Crippen LogP contribution in [-0.4, -0.2) is 17.1 Å². The first-order valence-corrected chi connectivity index (χ1v) is 13.1. The number of aromatic nitrogens is 1. The predicted molar refractivity (Wildman–Crippen MR) is 155 cm³/mol. The molecule has 0 saturated heterocycles. The van der Waals surface area contributed by atoms with Gasteiger partial charge in [-0.15, -0.1) is 0 Å². The molecule has 0 radical (unpaired) electrons. The first-order chi connectivity index (χ1) is 18.1. The highest BCUT2D eigenvalue weighted by atomic mass is 79.9. The Kier molecular flexibility index (Phi) is 7.73. The number of hydrogen-bond donors (Lipinski definition) is 1. The number of nitrogens with zero attached hydrogens (tertiary/aromatic N) is 2. The smallest absolute Gasteiger partial charge is 0.272 e. The molecule has 0 fully saturated rings. The molecule has 0 unspecified atom stereocenters. The van der Waals surface area contributed by atoms with Crippen LogP contribution < -0.4 is 10.2 Å². The summed E-state index contributed by atoms with van der Waals surface area (Å²) in [5, 5.41) is 5.00. The summed E-state index contributed by atoms with van der Waals surface area (Å²) in [7, 11) is 0. The van der Waals surface area contributed by atoms with Gasteiger partial charge in [0.2, 0.25) is 0 Å². The summed E-state index contributed by atoms with van der Waals surface area (Å²) >= 11 is 6.94. The molecule has 5 rings (SSSR count). The van der Waals surface area contributed by atoms with Gasteiger partial charge in [-0.1, -0.05) is 92.5 Å². The van der Waals surface area contributed by atoms with Gasteiger partial charge in [0.05, 0.1) is 23.0 Å². The van der Waals surface area contributed by atoms with Gasteiger partial charge in [-0.2, -0.15) is 5.10 Å². The van der Waals surface area contributed by atoms with Gasteiger partial charge in [-0.05, 0) is 48.0 Å². The first kappa shape index (κ1) is 24.9. The number of amides is 1. The van der Waals surface area contributed by atoms with Crippen molar-refractivity contribution in [3.63, 3.8) is 0 Å². The van der Waals surface area contributed by atoms with Crippen LogP contribution in [0, 0.1) is 0 Å². The summed E-state index contributed by atoms with van der Waals surface area (Å²) in [4.78, 5) is 18.0. The van der Waals surface area contributed by atoms with Gasteiger partial charge >= 0.3 is 0 Å². The molecule has 0 aliphatic heterocycles. The third-order valence-electron chi connectivity index (χ3n) is 5.68. The Morgan fingerprint density at radius 1 is 0.865 bits per heavy atom. The molecule has 0 aliphatic rings. The molecule has 37 heavy (non-hydrogen) atoms. The number of ether oxygens (including phenoxy) is 1. The zero-order valence-electron chi connectivity index (χ0n) is 19.6. The molecule has 0 atom stereocenters. The van der Waals surface area contributed by atoms with Crippen LogP contribution >= 0.6 is 31.9 Å². The second-order valence-electron chi connectivity index (χ2n) is 8.23. The second kappa shape index (κ2) is 11.5. The number of nitrogens with one attached hydrogen (secondary N) is 1. The second-order valence-corrected chi connectivity index (χ2v) is 10.1. The Labute approximate surface area is 231 Å². The molecule has 0 aliphatic carbocycles. The lowest BCUT2D eigenvalue weighted by atomic mass is 10.0. The molecule has 1 aromatic heterocycles. The van der Waals surface area contributed by atoms with Crippen molar-refractivity contribution in [2.24, 2.45) is 5.10 Å². The number of rotatable bonds is 7. The molecule has 1 N–H and O–H groups in total. The maximum Gasteiger partial charge on any atom is 0.272 e. The molecule has 7 heteroatoms. The molecule has 0 bridgehead atoms. The van der Waals surface area contributed by atoms with Gasteiger partial charge < -0.3 is 4.74 Å². The monoisotopic (exact) mass is 613 g/mol. The Hall–Kier alpha value is -3.81. The topological polar surface area (TPSA) is 63.6 Å². The van der Waals surface area contributed by atoms with Crippen LogP contribution in [0.2, 0.25) is 0 Å². The third-order valence-corrected chi connectivity index (χ3v) is 6.70. The van der Waals surface area contributed by atoms with E-state index in [0.717, 1.165) is 42.2 Å². The summed E-state index contributed by atoms with van der Waals surface area (Å²) in [5.41, 5.74) is 7.36. The summed E-state index contributed by atoms with van der Waals surface area (Å²) in [6.07, 6.45) is 1.58. The molecule has 0 spiro atoms. The van der Waals surface area contributed by atoms with E-state index in [-0.39, 0.29) is 5.91 Å². The van der Waals surface area contributed by atoms with E-state index in [1.54, 1.807) is 12.3 Å². The zero-order chi connectivity index (χ0) is 25.6. The minimum Gasteiger partial charge on any atom is -0.488 e. The Balaban J connectivity index is 1.37. The summed E-state index contributed by atoms with van der Waals surface area (Å²) in [6, 6.07) is 32.8. The maximum absolute atomic E-state index is 13.2. The quantitative estimate of drug-likeness (QED) is 0.150. The highest BCUT2D eigenvalue weighted by Gasteiger charge is 2.13. The van der Waals surface area contributed by atoms with Crippen molar-refractivity contribution in [3.05, 3.63) is 129 Å². The first-order valence-electron chi connectivity index (χ1n) is 11.5. The van der Waals surface area contributed by atoms with Crippen LogP contribution in [0.25, 0.3) is 22.2 Å². The van der Waals surface area contributed by atoms with E-state index in [0.29, 0.717) is 17.9 Å². The van der Waals surface area contributed by atoms with Crippen molar-refractivity contribution in [2.45, 2.75) is 6.61 Å². The lowest BCUT2D eigenvalue weighted by molar-refractivity contribution is 0.0956. The number of benzene rings is 4. The molecule has 1 amide bonds. The van der Waals surface area contributed by atoms with Crippen LogP contribution in [0.5, 0.6) is 5.75 Å². The van der Waals surface area contributed by atoms with Crippen molar-refractivity contribution >= 4 is 54.9 Å². The normalized spacial score (nSPS) is 11.1. The fourth-order valence-corrected chi connectivity index (χ4v) is 4.48. The lowest BCUT2D eigenvalue weighted by Crippen LogP contribution is -2.18. The number of hydrogen-bond acceptors (Lipinski definition) is 4. The highest BCUT2D eigenvalue weighted by molar-refractivity contribution is 9.10. The fourth-order valence-electron chi connectivity index (χ4n) is 3.83. The standard InChI is InChI=1S/C30H21Br2N3O2/c31-23-12-10-20(11-13-23)19-37-29-15-14-24(32)16-22(29)18-33-35-30(36)26-17-28(21-6-2-1-3-7-21)34-27-9-5-4-8-25(26)27/h1-18H,19H2,(H,35,36)/b33-18+. The van der Waals surface area contributed by atoms with Crippen molar-refractivity contribution < 1.29 is 9.53 Å². The minimum absolute atomic E-state index is 0.320. The molecule has 4 aromatic carbocycles. The van der Waals surface area contributed by atoms with E-state index in [4.69, 9.17) is 9.72 Å². The van der Waals surface area contributed by atoms with E-state index in [1.807, 2.05) is 97.1 Å². The molecular weight excluding hydrogens is 594 g/mol.